The van der Waals surface area contributed by atoms with Crippen LogP contribution < -0.4 is 5.43 Å². The Morgan fingerprint density at radius 1 is 0.862 bits per heavy atom. The molecule has 2 aromatic carbocycles. The molecular weight excluding hydrogens is 452 g/mol. The zero-order valence-corrected chi connectivity index (χ0v) is 17.2. The molecule has 0 bridgehead atoms. The summed E-state index contributed by atoms with van der Waals surface area (Å²) in [5.74, 6) is 0. The SMILES string of the molecule is O=c1cc(Br)[nH]c2nc(-c3ccccc3)c(-c3cc(Cl)c4ncccc4c3)nc12. The van der Waals surface area contributed by atoms with Gasteiger partial charge in [-0.2, -0.15) is 0 Å². The van der Waals surface area contributed by atoms with Gasteiger partial charge in [-0.05, 0) is 34.1 Å². The maximum absolute atomic E-state index is 12.5. The van der Waals surface area contributed by atoms with Crippen LogP contribution in [-0.2, 0) is 0 Å². The number of rotatable bonds is 2. The third-order valence-corrected chi connectivity index (χ3v) is 5.32. The van der Waals surface area contributed by atoms with E-state index in [4.69, 9.17) is 21.6 Å². The highest BCUT2D eigenvalue weighted by atomic mass is 79.9. The summed E-state index contributed by atoms with van der Waals surface area (Å²) >= 11 is 9.81. The highest BCUT2D eigenvalue weighted by Crippen LogP contribution is 2.34. The summed E-state index contributed by atoms with van der Waals surface area (Å²) in [7, 11) is 0. The zero-order chi connectivity index (χ0) is 20.0. The van der Waals surface area contributed by atoms with Crippen molar-refractivity contribution in [2.75, 3.05) is 0 Å². The minimum absolute atomic E-state index is 0.215. The van der Waals surface area contributed by atoms with Crippen molar-refractivity contribution >= 4 is 49.6 Å². The molecule has 0 saturated carbocycles. The monoisotopic (exact) mass is 462 g/mol. The maximum Gasteiger partial charge on any atom is 0.210 e. The van der Waals surface area contributed by atoms with Crippen molar-refractivity contribution in [1.82, 2.24) is 19.9 Å². The lowest BCUT2D eigenvalue weighted by Crippen LogP contribution is -2.07. The Kier molecular flexibility index (Phi) is 4.38. The van der Waals surface area contributed by atoms with Gasteiger partial charge < -0.3 is 4.98 Å². The van der Waals surface area contributed by atoms with E-state index in [-0.39, 0.29) is 10.9 Å². The first-order valence-corrected chi connectivity index (χ1v) is 9.98. The number of aromatic amines is 1. The van der Waals surface area contributed by atoms with E-state index in [0.717, 1.165) is 22.0 Å². The van der Waals surface area contributed by atoms with Gasteiger partial charge in [0.15, 0.2) is 11.2 Å². The lowest BCUT2D eigenvalue weighted by Gasteiger charge is -2.12. The molecule has 1 N–H and O–H groups in total. The molecule has 0 aliphatic heterocycles. The molecule has 0 aliphatic rings. The third-order valence-electron chi connectivity index (χ3n) is 4.60. The molecular formula is C22H12BrClN4O. The fourth-order valence-corrected chi connectivity index (χ4v) is 3.98. The molecule has 5 aromatic rings. The van der Waals surface area contributed by atoms with Crippen LogP contribution in [0.2, 0.25) is 5.02 Å². The minimum atomic E-state index is -0.215. The van der Waals surface area contributed by atoms with E-state index in [9.17, 15) is 4.79 Å². The van der Waals surface area contributed by atoms with E-state index in [1.165, 1.54) is 6.07 Å². The van der Waals surface area contributed by atoms with Gasteiger partial charge in [-0.3, -0.25) is 9.78 Å². The van der Waals surface area contributed by atoms with Gasteiger partial charge in [0.2, 0.25) is 5.43 Å². The van der Waals surface area contributed by atoms with Crippen LogP contribution in [-0.4, -0.2) is 19.9 Å². The van der Waals surface area contributed by atoms with Crippen molar-refractivity contribution in [2.24, 2.45) is 0 Å². The van der Waals surface area contributed by atoms with Crippen LogP contribution in [0.15, 0.2) is 76.3 Å². The van der Waals surface area contributed by atoms with Crippen molar-refractivity contribution in [2.45, 2.75) is 0 Å². The number of nitrogens with zero attached hydrogens (tertiary/aromatic N) is 3. The Balaban J connectivity index is 1.88. The second-order valence-corrected chi connectivity index (χ2v) is 7.76. The van der Waals surface area contributed by atoms with Gasteiger partial charge in [0.1, 0.15) is 0 Å². The molecule has 5 nitrogen and oxygen atoms in total. The number of hydrogen-bond acceptors (Lipinski definition) is 4. The van der Waals surface area contributed by atoms with Crippen molar-refractivity contribution in [3.8, 4) is 22.5 Å². The first-order chi connectivity index (χ1) is 14.1. The number of hydrogen-bond donors (Lipinski definition) is 1. The van der Waals surface area contributed by atoms with Gasteiger partial charge >= 0.3 is 0 Å². The molecule has 29 heavy (non-hydrogen) atoms. The first-order valence-electron chi connectivity index (χ1n) is 8.81. The largest absolute Gasteiger partial charge is 0.332 e. The normalized spacial score (nSPS) is 11.2. The molecule has 0 unspecified atom stereocenters. The summed E-state index contributed by atoms with van der Waals surface area (Å²) in [4.78, 5) is 29.4. The van der Waals surface area contributed by atoms with Gasteiger partial charge in [0.25, 0.3) is 0 Å². The van der Waals surface area contributed by atoms with Gasteiger partial charge in [0.05, 0.1) is 26.5 Å². The van der Waals surface area contributed by atoms with E-state index in [1.54, 1.807) is 6.20 Å². The Morgan fingerprint density at radius 2 is 1.66 bits per heavy atom. The Hall–Kier alpha value is -3.09. The number of nitrogens with one attached hydrogen (secondary N) is 1. The predicted octanol–water partition coefficient (Wildman–Crippen LogP) is 5.62. The van der Waals surface area contributed by atoms with Gasteiger partial charge in [-0.1, -0.05) is 48.0 Å². The Morgan fingerprint density at radius 3 is 2.48 bits per heavy atom. The van der Waals surface area contributed by atoms with E-state index in [2.05, 4.69) is 25.9 Å². The molecule has 0 atom stereocenters. The predicted molar refractivity (Wildman–Crippen MR) is 119 cm³/mol. The summed E-state index contributed by atoms with van der Waals surface area (Å²) in [6.45, 7) is 0. The highest BCUT2D eigenvalue weighted by molar-refractivity contribution is 9.10. The first kappa shape index (κ1) is 18.0. The molecule has 0 radical (unpaired) electrons. The number of pyridine rings is 2. The van der Waals surface area contributed by atoms with E-state index >= 15 is 0 Å². The smallest absolute Gasteiger partial charge is 0.210 e. The quantitative estimate of drug-likeness (QED) is 0.345. The summed E-state index contributed by atoms with van der Waals surface area (Å²) < 4.78 is 0.552. The second kappa shape index (κ2) is 7.06. The van der Waals surface area contributed by atoms with Crippen LogP contribution in [0.3, 0.4) is 0 Å². The second-order valence-electron chi connectivity index (χ2n) is 6.50. The van der Waals surface area contributed by atoms with Crippen molar-refractivity contribution in [3.05, 3.63) is 86.7 Å². The lowest BCUT2D eigenvalue weighted by atomic mass is 10.0. The summed E-state index contributed by atoms with van der Waals surface area (Å²) in [6, 6.07) is 18.7. The summed E-state index contributed by atoms with van der Waals surface area (Å²) in [6.07, 6.45) is 1.70. The molecule has 5 rings (SSSR count). The highest BCUT2D eigenvalue weighted by Gasteiger charge is 2.17. The standard InChI is InChI=1S/C22H12BrClN4O/c23-17-11-16(29)21-22(26-17)28-19(12-5-2-1-3-6-12)20(27-21)14-9-13-7-4-8-25-18(13)15(24)10-14/h1-11H,(H,26,28,29). The maximum atomic E-state index is 12.5. The van der Waals surface area contributed by atoms with Gasteiger partial charge in [-0.25, -0.2) is 9.97 Å². The zero-order valence-electron chi connectivity index (χ0n) is 14.9. The van der Waals surface area contributed by atoms with E-state index < -0.39 is 0 Å². The Bertz CT molecular complexity index is 1450. The molecule has 0 spiro atoms. The molecule has 140 valence electrons. The van der Waals surface area contributed by atoms with E-state index in [1.807, 2.05) is 54.6 Å². The molecule has 0 fully saturated rings. The Labute approximate surface area is 178 Å². The van der Waals surface area contributed by atoms with Crippen LogP contribution in [0.5, 0.6) is 0 Å². The third kappa shape index (κ3) is 3.20. The minimum Gasteiger partial charge on any atom is -0.332 e. The molecule has 7 heteroatoms. The number of benzene rings is 2. The van der Waals surface area contributed by atoms with Crippen LogP contribution in [0, 0.1) is 0 Å². The average molecular weight is 464 g/mol. The molecule has 3 heterocycles. The van der Waals surface area contributed by atoms with Crippen molar-refractivity contribution < 1.29 is 0 Å². The number of aromatic nitrogens is 4. The summed E-state index contributed by atoms with van der Waals surface area (Å²) in [5.41, 5.74) is 4.09. The lowest BCUT2D eigenvalue weighted by molar-refractivity contribution is 1.20. The van der Waals surface area contributed by atoms with Crippen molar-refractivity contribution in [3.63, 3.8) is 0 Å². The van der Waals surface area contributed by atoms with E-state index in [0.29, 0.717) is 26.7 Å². The topological polar surface area (TPSA) is 71.5 Å². The van der Waals surface area contributed by atoms with Crippen molar-refractivity contribution in [1.29, 1.82) is 0 Å². The fourth-order valence-electron chi connectivity index (χ4n) is 3.31. The van der Waals surface area contributed by atoms with Gasteiger partial charge in [0, 0.05) is 28.8 Å². The summed E-state index contributed by atoms with van der Waals surface area (Å²) in [5, 5.41) is 1.41. The van der Waals surface area contributed by atoms with Gasteiger partial charge in [-0.15, -0.1) is 0 Å². The molecule has 0 saturated heterocycles. The number of H-pyrrole nitrogens is 1. The van der Waals surface area contributed by atoms with Crippen LogP contribution in [0.4, 0.5) is 0 Å². The van der Waals surface area contributed by atoms with Crippen LogP contribution in [0.1, 0.15) is 0 Å². The molecule has 0 amide bonds. The number of fused-ring (bicyclic) bond motifs is 2. The number of halogens is 2. The van der Waals surface area contributed by atoms with Crippen LogP contribution >= 0.6 is 27.5 Å². The molecule has 3 aromatic heterocycles. The average Bonchev–Trinajstić information content (AvgIpc) is 2.73. The molecule has 0 aliphatic carbocycles. The van der Waals surface area contributed by atoms with Crippen LogP contribution in [0.25, 0.3) is 44.6 Å². The fraction of sp³-hybridized carbons (Fsp3) is 0.